The molecule has 0 saturated carbocycles. The lowest BCUT2D eigenvalue weighted by molar-refractivity contribution is 0.0939. The van der Waals surface area contributed by atoms with E-state index in [1.165, 1.54) is 0 Å². The summed E-state index contributed by atoms with van der Waals surface area (Å²) in [4.78, 5) is 11.7. The molecule has 3 heteroatoms. The number of benzene rings is 1. The molecule has 0 aromatic heterocycles. The van der Waals surface area contributed by atoms with Gasteiger partial charge in [-0.3, -0.25) is 4.79 Å². The van der Waals surface area contributed by atoms with Crippen molar-refractivity contribution in [3.05, 3.63) is 29.8 Å². The Bertz CT molecular complexity index is 357. The zero-order valence-corrected chi connectivity index (χ0v) is 11.5. The molecule has 0 amide bonds. The first-order valence-corrected chi connectivity index (χ1v) is 6.63. The first-order chi connectivity index (χ1) is 8.65. The van der Waals surface area contributed by atoms with Crippen molar-refractivity contribution in [3.8, 4) is 5.75 Å². The Morgan fingerprint density at radius 2 is 1.89 bits per heavy atom. The second kappa shape index (κ2) is 7.88. The van der Waals surface area contributed by atoms with Crippen LogP contribution in [0.15, 0.2) is 24.3 Å². The SMILES string of the molecule is CCCNCCOc1ccc(C(=O)C(C)C)cc1. The minimum Gasteiger partial charge on any atom is -0.492 e. The second-order valence-corrected chi connectivity index (χ2v) is 4.64. The number of ether oxygens (including phenoxy) is 1. The van der Waals surface area contributed by atoms with E-state index in [0.717, 1.165) is 30.8 Å². The van der Waals surface area contributed by atoms with Crippen LogP contribution in [0.1, 0.15) is 37.6 Å². The molecule has 0 bridgehead atoms. The van der Waals surface area contributed by atoms with Crippen LogP contribution >= 0.6 is 0 Å². The Balaban J connectivity index is 2.38. The summed E-state index contributed by atoms with van der Waals surface area (Å²) in [6.45, 7) is 8.47. The molecule has 1 aromatic rings. The minimum atomic E-state index is 0.0370. The summed E-state index contributed by atoms with van der Waals surface area (Å²) < 4.78 is 5.57. The molecule has 18 heavy (non-hydrogen) atoms. The largest absolute Gasteiger partial charge is 0.492 e. The molecule has 0 saturated heterocycles. The molecule has 0 aliphatic rings. The van der Waals surface area contributed by atoms with Crippen molar-refractivity contribution in [3.63, 3.8) is 0 Å². The first-order valence-electron chi connectivity index (χ1n) is 6.63. The lowest BCUT2D eigenvalue weighted by Crippen LogP contribution is -2.21. The summed E-state index contributed by atoms with van der Waals surface area (Å²) in [5.74, 6) is 1.02. The number of rotatable bonds is 8. The van der Waals surface area contributed by atoms with Crippen molar-refractivity contribution in [1.29, 1.82) is 0 Å². The predicted octanol–water partition coefficient (Wildman–Crippen LogP) is 2.90. The van der Waals surface area contributed by atoms with E-state index >= 15 is 0 Å². The molecule has 0 fully saturated rings. The number of carbonyl (C=O) groups excluding carboxylic acids is 1. The molecule has 1 aromatic carbocycles. The molecular formula is C15H23NO2. The van der Waals surface area contributed by atoms with Gasteiger partial charge in [-0.1, -0.05) is 20.8 Å². The van der Waals surface area contributed by atoms with Crippen LogP contribution in [0.5, 0.6) is 5.75 Å². The van der Waals surface area contributed by atoms with E-state index in [0.29, 0.717) is 6.61 Å². The third kappa shape index (κ3) is 4.88. The lowest BCUT2D eigenvalue weighted by Gasteiger charge is -2.08. The van der Waals surface area contributed by atoms with Crippen LogP contribution in [0.2, 0.25) is 0 Å². The van der Waals surface area contributed by atoms with Crippen LogP contribution in [0.3, 0.4) is 0 Å². The second-order valence-electron chi connectivity index (χ2n) is 4.64. The van der Waals surface area contributed by atoms with Gasteiger partial charge in [-0.2, -0.15) is 0 Å². The van der Waals surface area contributed by atoms with Gasteiger partial charge in [-0.05, 0) is 37.2 Å². The molecular weight excluding hydrogens is 226 g/mol. The summed E-state index contributed by atoms with van der Waals surface area (Å²) in [6.07, 6.45) is 1.13. The summed E-state index contributed by atoms with van der Waals surface area (Å²) in [5.41, 5.74) is 0.751. The van der Waals surface area contributed by atoms with Gasteiger partial charge in [0.1, 0.15) is 12.4 Å². The Morgan fingerprint density at radius 3 is 2.44 bits per heavy atom. The average Bonchev–Trinajstić information content (AvgIpc) is 2.38. The van der Waals surface area contributed by atoms with Gasteiger partial charge in [-0.25, -0.2) is 0 Å². The highest BCUT2D eigenvalue weighted by Gasteiger charge is 2.09. The van der Waals surface area contributed by atoms with Gasteiger partial charge < -0.3 is 10.1 Å². The molecule has 0 radical (unpaired) electrons. The van der Waals surface area contributed by atoms with Crippen molar-refractivity contribution in [2.75, 3.05) is 19.7 Å². The van der Waals surface area contributed by atoms with Crippen molar-refractivity contribution in [2.45, 2.75) is 27.2 Å². The number of ketones is 1. The highest BCUT2D eigenvalue weighted by molar-refractivity contribution is 5.97. The molecule has 1 N–H and O–H groups in total. The molecule has 0 aliphatic heterocycles. The normalized spacial score (nSPS) is 10.7. The molecule has 0 spiro atoms. The Kier molecular flexibility index (Phi) is 6.44. The quantitative estimate of drug-likeness (QED) is 0.568. The van der Waals surface area contributed by atoms with Gasteiger partial charge in [-0.15, -0.1) is 0 Å². The smallest absolute Gasteiger partial charge is 0.165 e. The third-order valence-corrected chi connectivity index (χ3v) is 2.64. The number of carbonyl (C=O) groups is 1. The number of hydrogen-bond donors (Lipinski definition) is 1. The molecule has 1 rings (SSSR count). The predicted molar refractivity (Wildman–Crippen MR) is 74.3 cm³/mol. The standard InChI is InChI=1S/C15H23NO2/c1-4-9-16-10-11-18-14-7-5-13(6-8-14)15(17)12(2)3/h5-8,12,16H,4,9-11H2,1-3H3. The van der Waals surface area contributed by atoms with Gasteiger partial charge in [0, 0.05) is 18.0 Å². The summed E-state index contributed by atoms with van der Waals surface area (Å²) in [5, 5.41) is 3.27. The summed E-state index contributed by atoms with van der Waals surface area (Å²) >= 11 is 0. The number of Topliss-reactive ketones (excluding diaryl/α,β-unsaturated/α-hetero) is 1. The maximum Gasteiger partial charge on any atom is 0.165 e. The van der Waals surface area contributed by atoms with E-state index in [4.69, 9.17) is 4.74 Å². The average molecular weight is 249 g/mol. The fourth-order valence-electron chi connectivity index (χ4n) is 1.59. The van der Waals surface area contributed by atoms with E-state index in [-0.39, 0.29) is 11.7 Å². The fourth-order valence-corrected chi connectivity index (χ4v) is 1.59. The van der Waals surface area contributed by atoms with Gasteiger partial charge in [0.05, 0.1) is 0 Å². The molecule has 0 heterocycles. The fraction of sp³-hybridized carbons (Fsp3) is 0.533. The van der Waals surface area contributed by atoms with Gasteiger partial charge in [0.15, 0.2) is 5.78 Å². The van der Waals surface area contributed by atoms with Crippen LogP contribution in [0, 0.1) is 5.92 Å². The van der Waals surface area contributed by atoms with Crippen LogP contribution in [0.4, 0.5) is 0 Å². The van der Waals surface area contributed by atoms with Crippen LogP contribution in [-0.4, -0.2) is 25.5 Å². The number of nitrogens with one attached hydrogen (secondary N) is 1. The van der Waals surface area contributed by atoms with Crippen LogP contribution in [0.25, 0.3) is 0 Å². The van der Waals surface area contributed by atoms with Gasteiger partial charge in [0.2, 0.25) is 0 Å². The number of hydrogen-bond acceptors (Lipinski definition) is 3. The van der Waals surface area contributed by atoms with E-state index in [1.807, 2.05) is 38.1 Å². The van der Waals surface area contributed by atoms with Crippen molar-refractivity contribution < 1.29 is 9.53 Å². The maximum absolute atomic E-state index is 11.7. The Morgan fingerprint density at radius 1 is 1.22 bits per heavy atom. The van der Waals surface area contributed by atoms with Crippen LogP contribution < -0.4 is 10.1 Å². The molecule has 100 valence electrons. The van der Waals surface area contributed by atoms with Gasteiger partial charge in [0.25, 0.3) is 0 Å². The minimum absolute atomic E-state index is 0.0370. The van der Waals surface area contributed by atoms with Crippen molar-refractivity contribution in [2.24, 2.45) is 5.92 Å². The topological polar surface area (TPSA) is 38.3 Å². The molecule has 0 atom stereocenters. The Labute approximate surface area is 110 Å². The summed E-state index contributed by atoms with van der Waals surface area (Å²) in [6, 6.07) is 7.37. The summed E-state index contributed by atoms with van der Waals surface area (Å²) in [7, 11) is 0. The lowest BCUT2D eigenvalue weighted by atomic mass is 10.0. The van der Waals surface area contributed by atoms with E-state index in [9.17, 15) is 4.79 Å². The van der Waals surface area contributed by atoms with Crippen molar-refractivity contribution in [1.82, 2.24) is 5.32 Å². The molecule has 0 aliphatic carbocycles. The van der Waals surface area contributed by atoms with Gasteiger partial charge >= 0.3 is 0 Å². The molecule has 3 nitrogen and oxygen atoms in total. The zero-order valence-electron chi connectivity index (χ0n) is 11.5. The van der Waals surface area contributed by atoms with E-state index < -0.39 is 0 Å². The Hall–Kier alpha value is -1.35. The van der Waals surface area contributed by atoms with Crippen molar-refractivity contribution >= 4 is 5.78 Å². The van der Waals surface area contributed by atoms with E-state index in [1.54, 1.807) is 0 Å². The highest BCUT2D eigenvalue weighted by Crippen LogP contribution is 2.14. The molecule has 0 unspecified atom stereocenters. The highest BCUT2D eigenvalue weighted by atomic mass is 16.5. The first kappa shape index (κ1) is 14.7. The maximum atomic E-state index is 11.7. The third-order valence-electron chi connectivity index (χ3n) is 2.64. The van der Waals surface area contributed by atoms with Crippen LogP contribution in [-0.2, 0) is 0 Å². The zero-order chi connectivity index (χ0) is 13.4. The monoisotopic (exact) mass is 249 g/mol. The van der Waals surface area contributed by atoms with E-state index in [2.05, 4.69) is 12.2 Å².